The highest BCUT2D eigenvalue weighted by Gasteiger charge is 2.11. The zero-order chi connectivity index (χ0) is 12.1. The highest BCUT2D eigenvalue weighted by atomic mass is 16.3. The molecule has 1 aromatic rings. The molecule has 1 N–H and O–H groups in total. The van der Waals surface area contributed by atoms with Crippen molar-refractivity contribution in [3.8, 4) is 0 Å². The molecule has 1 aromatic carbocycles. The monoisotopic (exact) mass is 220 g/mol. The van der Waals surface area contributed by atoms with Crippen LogP contribution in [0.1, 0.15) is 37.0 Å². The van der Waals surface area contributed by atoms with Crippen molar-refractivity contribution in [2.75, 3.05) is 6.61 Å². The molecular weight excluding hydrogens is 196 g/mol. The molecule has 1 unspecified atom stereocenters. The Labute approximate surface area is 99.5 Å². The van der Waals surface area contributed by atoms with Gasteiger partial charge in [0.1, 0.15) is 0 Å². The molecular formula is C15H24O. The first kappa shape index (κ1) is 13.2. The Morgan fingerprint density at radius 2 is 1.81 bits per heavy atom. The fourth-order valence-electron chi connectivity index (χ4n) is 2.15. The summed E-state index contributed by atoms with van der Waals surface area (Å²) in [6, 6.07) is 6.61. The van der Waals surface area contributed by atoms with Gasteiger partial charge >= 0.3 is 0 Å². The van der Waals surface area contributed by atoms with Gasteiger partial charge in [0, 0.05) is 6.61 Å². The van der Waals surface area contributed by atoms with E-state index in [2.05, 4.69) is 45.9 Å². The van der Waals surface area contributed by atoms with Gasteiger partial charge in [0.25, 0.3) is 0 Å². The molecule has 1 nitrogen and oxygen atoms in total. The summed E-state index contributed by atoms with van der Waals surface area (Å²) in [4.78, 5) is 0. The highest BCUT2D eigenvalue weighted by molar-refractivity contribution is 5.30. The van der Waals surface area contributed by atoms with Gasteiger partial charge < -0.3 is 5.11 Å². The first-order valence-electron chi connectivity index (χ1n) is 6.20. The van der Waals surface area contributed by atoms with E-state index in [9.17, 15) is 5.11 Å². The van der Waals surface area contributed by atoms with E-state index < -0.39 is 0 Å². The van der Waals surface area contributed by atoms with E-state index in [0.717, 1.165) is 12.8 Å². The SMILES string of the molecule is Cc1ccc(CC(CO)CC(C)C)cc1C. The molecule has 0 aromatic heterocycles. The first-order chi connectivity index (χ1) is 7.52. The summed E-state index contributed by atoms with van der Waals surface area (Å²) in [5, 5.41) is 9.36. The van der Waals surface area contributed by atoms with Crippen molar-refractivity contribution in [2.24, 2.45) is 11.8 Å². The van der Waals surface area contributed by atoms with Gasteiger partial charge in [0.05, 0.1) is 0 Å². The van der Waals surface area contributed by atoms with Crippen LogP contribution < -0.4 is 0 Å². The topological polar surface area (TPSA) is 20.2 Å². The van der Waals surface area contributed by atoms with Crippen LogP contribution in [0.25, 0.3) is 0 Å². The number of rotatable bonds is 5. The van der Waals surface area contributed by atoms with E-state index in [0.29, 0.717) is 18.4 Å². The maximum absolute atomic E-state index is 9.36. The van der Waals surface area contributed by atoms with Crippen molar-refractivity contribution in [1.82, 2.24) is 0 Å². The van der Waals surface area contributed by atoms with Crippen LogP contribution in [0.2, 0.25) is 0 Å². The summed E-state index contributed by atoms with van der Waals surface area (Å²) in [6.45, 7) is 9.00. The molecule has 0 fully saturated rings. The Morgan fingerprint density at radius 3 is 2.31 bits per heavy atom. The summed E-state index contributed by atoms with van der Waals surface area (Å²) >= 11 is 0. The molecule has 1 rings (SSSR count). The van der Waals surface area contributed by atoms with Crippen molar-refractivity contribution in [2.45, 2.75) is 40.5 Å². The lowest BCUT2D eigenvalue weighted by Gasteiger charge is -2.17. The number of hydrogen-bond acceptors (Lipinski definition) is 1. The van der Waals surface area contributed by atoms with E-state index in [1.807, 2.05) is 0 Å². The minimum atomic E-state index is 0.297. The summed E-state index contributed by atoms with van der Waals surface area (Å²) in [5.74, 6) is 1.06. The van der Waals surface area contributed by atoms with Gasteiger partial charge in [-0.3, -0.25) is 0 Å². The Bertz CT molecular complexity index is 328. The average molecular weight is 220 g/mol. The molecule has 0 aliphatic rings. The van der Waals surface area contributed by atoms with Crippen LogP contribution in [0.15, 0.2) is 18.2 Å². The normalized spacial score (nSPS) is 13.1. The number of aryl methyl sites for hydroxylation is 2. The molecule has 0 aliphatic carbocycles. The van der Waals surface area contributed by atoms with Crippen LogP contribution in [0.5, 0.6) is 0 Å². The summed E-state index contributed by atoms with van der Waals surface area (Å²) in [6.07, 6.45) is 2.10. The zero-order valence-corrected chi connectivity index (χ0v) is 11.0. The lowest BCUT2D eigenvalue weighted by atomic mass is 9.90. The summed E-state index contributed by atoms with van der Waals surface area (Å²) < 4.78 is 0. The summed E-state index contributed by atoms with van der Waals surface area (Å²) in [5.41, 5.74) is 4.04. The third kappa shape index (κ3) is 3.97. The minimum Gasteiger partial charge on any atom is -0.396 e. The molecule has 16 heavy (non-hydrogen) atoms. The van der Waals surface area contributed by atoms with Gasteiger partial charge in [-0.1, -0.05) is 32.0 Å². The predicted molar refractivity (Wildman–Crippen MR) is 69.7 cm³/mol. The molecule has 0 bridgehead atoms. The van der Waals surface area contributed by atoms with E-state index >= 15 is 0 Å². The Morgan fingerprint density at radius 1 is 1.12 bits per heavy atom. The maximum Gasteiger partial charge on any atom is 0.0462 e. The second-order valence-corrected chi connectivity index (χ2v) is 5.30. The highest BCUT2D eigenvalue weighted by Crippen LogP contribution is 2.18. The third-order valence-corrected chi connectivity index (χ3v) is 3.16. The Hall–Kier alpha value is -0.820. The van der Waals surface area contributed by atoms with Crippen molar-refractivity contribution < 1.29 is 5.11 Å². The Kier molecular flexibility index (Phi) is 5.01. The minimum absolute atomic E-state index is 0.297. The fourth-order valence-corrected chi connectivity index (χ4v) is 2.15. The van der Waals surface area contributed by atoms with E-state index in [-0.39, 0.29) is 0 Å². The first-order valence-corrected chi connectivity index (χ1v) is 6.20. The van der Waals surface area contributed by atoms with Crippen LogP contribution >= 0.6 is 0 Å². The molecule has 0 aliphatic heterocycles. The molecule has 0 radical (unpaired) electrons. The Balaban J connectivity index is 2.66. The van der Waals surface area contributed by atoms with Crippen molar-refractivity contribution in [3.63, 3.8) is 0 Å². The lowest BCUT2D eigenvalue weighted by molar-refractivity contribution is 0.205. The second-order valence-electron chi connectivity index (χ2n) is 5.30. The number of benzene rings is 1. The molecule has 0 heterocycles. The lowest BCUT2D eigenvalue weighted by Crippen LogP contribution is -2.12. The average Bonchev–Trinajstić information content (AvgIpc) is 2.22. The van der Waals surface area contributed by atoms with Crippen molar-refractivity contribution in [3.05, 3.63) is 34.9 Å². The second kappa shape index (κ2) is 6.05. The van der Waals surface area contributed by atoms with Crippen LogP contribution in [-0.2, 0) is 6.42 Å². The fraction of sp³-hybridized carbons (Fsp3) is 0.600. The standard InChI is InChI=1S/C15H24O/c1-11(2)7-15(10-16)9-14-6-5-12(3)13(4)8-14/h5-6,8,11,15-16H,7,9-10H2,1-4H3. The molecule has 0 spiro atoms. The van der Waals surface area contributed by atoms with Crippen LogP contribution in [0.4, 0.5) is 0 Å². The molecule has 0 amide bonds. The zero-order valence-electron chi connectivity index (χ0n) is 11.0. The van der Waals surface area contributed by atoms with Gasteiger partial charge in [-0.15, -0.1) is 0 Å². The largest absolute Gasteiger partial charge is 0.396 e. The van der Waals surface area contributed by atoms with Gasteiger partial charge in [0.2, 0.25) is 0 Å². The van der Waals surface area contributed by atoms with Gasteiger partial charge in [-0.25, -0.2) is 0 Å². The number of aliphatic hydroxyl groups is 1. The van der Waals surface area contributed by atoms with Crippen LogP contribution in [-0.4, -0.2) is 11.7 Å². The van der Waals surface area contributed by atoms with Crippen molar-refractivity contribution in [1.29, 1.82) is 0 Å². The number of aliphatic hydroxyl groups excluding tert-OH is 1. The molecule has 90 valence electrons. The quantitative estimate of drug-likeness (QED) is 0.805. The van der Waals surface area contributed by atoms with Crippen LogP contribution in [0.3, 0.4) is 0 Å². The van der Waals surface area contributed by atoms with E-state index in [1.54, 1.807) is 0 Å². The van der Waals surface area contributed by atoms with Gasteiger partial charge in [-0.2, -0.15) is 0 Å². The summed E-state index contributed by atoms with van der Waals surface area (Å²) in [7, 11) is 0. The smallest absolute Gasteiger partial charge is 0.0462 e. The molecule has 1 heteroatoms. The van der Waals surface area contributed by atoms with Crippen molar-refractivity contribution >= 4 is 0 Å². The molecule has 1 atom stereocenters. The van der Waals surface area contributed by atoms with E-state index in [1.165, 1.54) is 16.7 Å². The van der Waals surface area contributed by atoms with Gasteiger partial charge in [0.15, 0.2) is 0 Å². The van der Waals surface area contributed by atoms with E-state index in [4.69, 9.17) is 0 Å². The molecule has 0 saturated heterocycles. The van der Waals surface area contributed by atoms with Gasteiger partial charge in [-0.05, 0) is 55.2 Å². The maximum atomic E-state index is 9.36. The predicted octanol–water partition coefficient (Wildman–Crippen LogP) is 3.50. The van der Waals surface area contributed by atoms with Crippen LogP contribution in [0, 0.1) is 25.7 Å². The molecule has 0 saturated carbocycles. The third-order valence-electron chi connectivity index (χ3n) is 3.16. The number of hydrogen-bond donors (Lipinski definition) is 1.